The summed E-state index contributed by atoms with van der Waals surface area (Å²) < 4.78 is 12.2. The lowest BCUT2D eigenvalue weighted by atomic mass is 9.82. The fourth-order valence-corrected chi connectivity index (χ4v) is 10.4. The van der Waals surface area contributed by atoms with Crippen molar-refractivity contribution in [1.82, 2.24) is 0 Å². The second-order valence-electron chi connectivity index (χ2n) is 12.6. The molecular formula is C35H36N2O6Si. The van der Waals surface area contributed by atoms with Gasteiger partial charge in [0.15, 0.2) is 13.9 Å². The number of aliphatic hydroxyl groups is 1. The Morgan fingerprint density at radius 3 is 2.39 bits per heavy atom. The first-order valence-electron chi connectivity index (χ1n) is 15.1. The number of carbonyl (C=O) groups is 2. The third kappa shape index (κ3) is 4.07. The Balaban J connectivity index is 1.23. The normalized spacial score (nSPS) is 24.2. The van der Waals surface area contributed by atoms with Crippen molar-refractivity contribution in [2.24, 2.45) is 5.92 Å². The molecule has 0 bridgehead atoms. The summed E-state index contributed by atoms with van der Waals surface area (Å²) in [5, 5.41) is 11.8. The zero-order valence-electron chi connectivity index (χ0n) is 25.3. The van der Waals surface area contributed by atoms with E-state index in [1.807, 2.05) is 98.9 Å². The molecule has 0 saturated carbocycles. The van der Waals surface area contributed by atoms with Gasteiger partial charge in [0.1, 0.15) is 5.75 Å². The molecule has 0 unspecified atom stereocenters. The molecule has 8 nitrogen and oxygen atoms in total. The van der Waals surface area contributed by atoms with Crippen molar-refractivity contribution in [2.75, 3.05) is 23.5 Å². The first-order chi connectivity index (χ1) is 21.1. The van der Waals surface area contributed by atoms with Crippen LogP contribution in [0.3, 0.4) is 0 Å². The van der Waals surface area contributed by atoms with Gasteiger partial charge in [0.05, 0.1) is 36.7 Å². The van der Waals surface area contributed by atoms with Crippen LogP contribution in [-0.2, 0) is 21.7 Å². The van der Waals surface area contributed by atoms with E-state index in [0.717, 1.165) is 39.0 Å². The van der Waals surface area contributed by atoms with Gasteiger partial charge in [-0.1, -0.05) is 43.3 Å². The topological polar surface area (TPSA) is 99.5 Å². The number of amides is 2. The Morgan fingerprint density at radius 2 is 1.70 bits per heavy atom. The van der Waals surface area contributed by atoms with E-state index in [0.29, 0.717) is 24.3 Å². The molecule has 2 N–H and O–H groups in total. The summed E-state index contributed by atoms with van der Waals surface area (Å²) in [5.74, 6) is 0.0607. The second kappa shape index (κ2) is 10.3. The summed E-state index contributed by atoms with van der Waals surface area (Å²) in [7, 11) is -1.19. The number of methoxy groups -OCH3 is 1. The molecule has 9 heteroatoms. The minimum Gasteiger partial charge on any atom is -0.497 e. The maximum absolute atomic E-state index is 14.6. The standard InChI is InChI=1S/C35H36N2O6Si/c1-21-32(44(3,4)41)30(17-18-38)43-35(21)27-19-25(42-2)15-16-28(27)36(34(35)40)20-22-11-13-24(14-12-22)37-29-10-6-8-23-7-5-9-26(31(23)29)33(37)39/h5-16,19,21,30,32,38,41H,17-18,20H2,1-4H3/t21-,30+,32-,35+/m1/s1. The Hall–Kier alpha value is -4.02. The molecule has 0 aliphatic carbocycles. The molecule has 3 aliphatic rings. The number of hydrogen-bond acceptors (Lipinski definition) is 6. The van der Waals surface area contributed by atoms with Crippen molar-refractivity contribution in [3.8, 4) is 5.75 Å². The van der Waals surface area contributed by atoms with Crippen LogP contribution in [0.4, 0.5) is 17.1 Å². The number of carbonyl (C=O) groups excluding carboxylic acids is 2. The highest BCUT2D eigenvalue weighted by atomic mass is 28.4. The van der Waals surface area contributed by atoms with Crippen LogP contribution in [0, 0.1) is 5.92 Å². The first kappa shape index (κ1) is 28.7. The molecule has 7 rings (SSSR count). The zero-order chi connectivity index (χ0) is 31.0. The SMILES string of the molecule is COc1ccc2c(c1)[C@]1(O[C@@H](CCO)[C@H]([Si](C)(C)O)[C@H]1C)C(=O)N2Cc1ccc(N2C(=O)c3cccc4cccc2c34)cc1. The van der Waals surface area contributed by atoms with Gasteiger partial charge in [-0.15, -0.1) is 0 Å². The van der Waals surface area contributed by atoms with Gasteiger partial charge in [-0.05, 0) is 72.9 Å². The molecule has 0 aromatic heterocycles. The average molecular weight is 609 g/mol. The highest BCUT2D eigenvalue weighted by molar-refractivity contribution is 6.71. The zero-order valence-corrected chi connectivity index (χ0v) is 26.3. The van der Waals surface area contributed by atoms with Crippen LogP contribution >= 0.6 is 0 Å². The average Bonchev–Trinajstić information content (AvgIpc) is 3.56. The summed E-state index contributed by atoms with van der Waals surface area (Å²) >= 11 is 0. The van der Waals surface area contributed by atoms with Gasteiger partial charge in [0, 0.05) is 34.7 Å². The number of rotatable bonds is 7. The van der Waals surface area contributed by atoms with Crippen LogP contribution in [0.15, 0.2) is 78.9 Å². The van der Waals surface area contributed by atoms with E-state index in [1.165, 1.54) is 0 Å². The quantitative estimate of drug-likeness (QED) is 0.255. The monoisotopic (exact) mass is 608 g/mol. The smallest absolute Gasteiger partial charge is 0.264 e. The van der Waals surface area contributed by atoms with Gasteiger partial charge in [-0.2, -0.15) is 0 Å². The van der Waals surface area contributed by atoms with Crippen molar-refractivity contribution in [2.45, 2.75) is 50.2 Å². The van der Waals surface area contributed by atoms with Crippen LogP contribution < -0.4 is 14.5 Å². The molecule has 1 spiro atoms. The van der Waals surface area contributed by atoms with Crippen LogP contribution in [0.25, 0.3) is 10.8 Å². The Labute approximate surface area is 257 Å². The molecule has 1 saturated heterocycles. The highest BCUT2D eigenvalue weighted by Crippen LogP contribution is 2.60. The van der Waals surface area contributed by atoms with Crippen LogP contribution in [-0.4, -0.2) is 49.9 Å². The predicted octanol–water partition coefficient (Wildman–Crippen LogP) is 5.87. The van der Waals surface area contributed by atoms with Crippen molar-refractivity contribution in [3.05, 3.63) is 95.6 Å². The lowest BCUT2D eigenvalue weighted by Gasteiger charge is -2.32. The lowest BCUT2D eigenvalue weighted by Crippen LogP contribution is -2.46. The third-order valence-corrected chi connectivity index (χ3v) is 12.2. The molecule has 3 aliphatic heterocycles. The third-order valence-electron chi connectivity index (χ3n) is 9.70. The van der Waals surface area contributed by atoms with Crippen molar-refractivity contribution in [3.63, 3.8) is 0 Å². The number of anilines is 3. The van der Waals surface area contributed by atoms with Crippen LogP contribution in [0.5, 0.6) is 5.75 Å². The Kier molecular flexibility index (Phi) is 6.71. The summed E-state index contributed by atoms with van der Waals surface area (Å²) in [6.07, 6.45) is -0.107. The van der Waals surface area contributed by atoms with Crippen LogP contribution in [0.2, 0.25) is 18.6 Å². The number of hydrogen-bond donors (Lipinski definition) is 2. The minimum absolute atomic E-state index is 0.0567. The Bertz CT molecular complexity index is 1800. The Morgan fingerprint density at radius 1 is 0.977 bits per heavy atom. The van der Waals surface area contributed by atoms with Gasteiger partial charge >= 0.3 is 0 Å². The summed E-state index contributed by atoms with van der Waals surface area (Å²) in [5.41, 5.74) is 3.14. The van der Waals surface area contributed by atoms with Gasteiger partial charge < -0.3 is 24.3 Å². The van der Waals surface area contributed by atoms with E-state index in [1.54, 1.807) is 16.9 Å². The summed E-state index contributed by atoms with van der Waals surface area (Å²) in [6, 6.07) is 25.1. The maximum Gasteiger partial charge on any atom is 0.264 e. The summed E-state index contributed by atoms with van der Waals surface area (Å²) in [4.78, 5) is 42.8. The largest absolute Gasteiger partial charge is 0.497 e. The second-order valence-corrected chi connectivity index (χ2v) is 16.6. The van der Waals surface area contributed by atoms with Gasteiger partial charge in [-0.3, -0.25) is 14.5 Å². The highest BCUT2D eigenvalue weighted by Gasteiger charge is 2.66. The van der Waals surface area contributed by atoms with Crippen molar-refractivity contribution in [1.29, 1.82) is 0 Å². The molecule has 4 aromatic rings. The molecule has 44 heavy (non-hydrogen) atoms. The molecular weight excluding hydrogens is 572 g/mol. The number of nitrogens with zero attached hydrogens (tertiary/aromatic N) is 2. The van der Waals surface area contributed by atoms with Crippen LogP contribution in [0.1, 0.15) is 34.8 Å². The van der Waals surface area contributed by atoms with E-state index < -0.39 is 20.0 Å². The van der Waals surface area contributed by atoms with Gasteiger partial charge in [-0.25, -0.2) is 0 Å². The molecule has 4 aromatic carbocycles. The fourth-order valence-electron chi connectivity index (χ4n) is 7.84. The lowest BCUT2D eigenvalue weighted by molar-refractivity contribution is -0.146. The predicted molar refractivity (Wildman–Crippen MR) is 172 cm³/mol. The number of benzene rings is 4. The van der Waals surface area contributed by atoms with Crippen molar-refractivity contribution >= 4 is 48.0 Å². The molecule has 0 radical (unpaired) electrons. The number of ether oxygens (including phenoxy) is 2. The van der Waals surface area contributed by atoms with Gasteiger partial charge in [0.2, 0.25) is 0 Å². The van der Waals surface area contributed by atoms with E-state index in [4.69, 9.17) is 9.47 Å². The fraction of sp³-hybridized carbons (Fsp3) is 0.314. The summed E-state index contributed by atoms with van der Waals surface area (Å²) in [6.45, 7) is 5.93. The molecule has 3 heterocycles. The van der Waals surface area contributed by atoms with Gasteiger partial charge in [0.25, 0.3) is 11.8 Å². The first-order valence-corrected chi connectivity index (χ1v) is 18.1. The molecule has 4 atom stereocenters. The van der Waals surface area contributed by atoms with Crippen molar-refractivity contribution < 1.29 is 29.0 Å². The molecule has 226 valence electrons. The minimum atomic E-state index is -2.79. The molecule has 2 amide bonds. The van der Waals surface area contributed by atoms with E-state index in [9.17, 15) is 19.5 Å². The maximum atomic E-state index is 14.6. The molecule has 1 fully saturated rings. The van der Waals surface area contributed by atoms with E-state index in [2.05, 4.69) is 0 Å². The van der Waals surface area contributed by atoms with E-state index >= 15 is 0 Å². The number of aliphatic hydroxyl groups excluding tert-OH is 1. The van der Waals surface area contributed by atoms with E-state index in [-0.39, 0.29) is 29.9 Å². The number of fused-ring (bicyclic) bond motifs is 2.